The van der Waals surface area contributed by atoms with Crippen molar-refractivity contribution in [2.24, 2.45) is 11.8 Å². The highest BCUT2D eigenvalue weighted by molar-refractivity contribution is 5.92. The van der Waals surface area contributed by atoms with Crippen molar-refractivity contribution in [1.29, 1.82) is 0 Å². The highest BCUT2D eigenvalue weighted by Crippen LogP contribution is 2.17. The molecule has 0 bridgehead atoms. The molecule has 0 aliphatic carbocycles. The van der Waals surface area contributed by atoms with Gasteiger partial charge in [-0.05, 0) is 6.42 Å². The molecule has 1 fully saturated rings. The molecule has 0 saturated carbocycles. The van der Waals surface area contributed by atoms with Crippen molar-refractivity contribution in [3.05, 3.63) is 18.1 Å². The Labute approximate surface area is 98.6 Å². The molecule has 7 nitrogen and oxygen atoms in total. The summed E-state index contributed by atoms with van der Waals surface area (Å²) in [6.45, 7) is 1.35. The number of carbonyl (C=O) groups excluding carboxylic acids is 1. The van der Waals surface area contributed by atoms with E-state index in [4.69, 9.17) is 10.9 Å². The van der Waals surface area contributed by atoms with Gasteiger partial charge in [-0.25, -0.2) is 15.8 Å². The molecule has 2 rings (SSSR count). The van der Waals surface area contributed by atoms with Crippen LogP contribution in [0, 0.1) is 5.92 Å². The van der Waals surface area contributed by atoms with Gasteiger partial charge in [-0.1, -0.05) is 0 Å². The van der Waals surface area contributed by atoms with E-state index < -0.39 is 0 Å². The first-order chi connectivity index (χ1) is 8.24. The van der Waals surface area contributed by atoms with Gasteiger partial charge < -0.3 is 15.4 Å². The van der Waals surface area contributed by atoms with E-state index in [0.29, 0.717) is 24.6 Å². The molecule has 0 radical (unpaired) electrons. The highest BCUT2D eigenvalue weighted by atomic mass is 16.3. The van der Waals surface area contributed by atoms with Crippen LogP contribution in [0.5, 0.6) is 0 Å². The summed E-state index contributed by atoms with van der Waals surface area (Å²) in [6.07, 6.45) is 3.63. The summed E-state index contributed by atoms with van der Waals surface area (Å²) in [6, 6.07) is 0. The van der Waals surface area contributed by atoms with E-state index in [0.717, 1.165) is 6.42 Å². The van der Waals surface area contributed by atoms with Crippen LogP contribution in [0.25, 0.3) is 0 Å². The molecule has 1 amide bonds. The number of rotatable bonds is 3. The van der Waals surface area contributed by atoms with Gasteiger partial charge in [0, 0.05) is 25.6 Å². The number of aliphatic hydroxyl groups excluding tert-OH is 1. The van der Waals surface area contributed by atoms with Gasteiger partial charge in [-0.2, -0.15) is 0 Å². The Hall–Kier alpha value is -1.73. The zero-order chi connectivity index (χ0) is 12.3. The normalized spacial score (nSPS) is 19.4. The molecule has 4 N–H and O–H groups in total. The van der Waals surface area contributed by atoms with Crippen molar-refractivity contribution in [2.45, 2.75) is 6.42 Å². The summed E-state index contributed by atoms with van der Waals surface area (Å²) in [5, 5.41) is 9.02. The molecular formula is C10H15N5O2. The van der Waals surface area contributed by atoms with E-state index >= 15 is 0 Å². The molecule has 7 heteroatoms. The number of anilines is 1. The Morgan fingerprint density at radius 1 is 1.59 bits per heavy atom. The van der Waals surface area contributed by atoms with Gasteiger partial charge in [-0.15, -0.1) is 0 Å². The van der Waals surface area contributed by atoms with Crippen LogP contribution in [0.3, 0.4) is 0 Å². The molecule has 0 aromatic carbocycles. The number of likely N-dealkylation sites (tertiary alicyclic amines) is 1. The standard InChI is InChI=1S/C10H15N5O2/c11-14-9-4-12-8(3-13-9)10(17)15-2-1-7(5-15)6-16/h3-4,7,16H,1-2,5-6,11H2,(H,13,14). The summed E-state index contributed by atoms with van der Waals surface area (Å²) in [5.41, 5.74) is 2.64. The van der Waals surface area contributed by atoms with Crippen molar-refractivity contribution in [2.75, 3.05) is 25.1 Å². The van der Waals surface area contributed by atoms with E-state index in [1.165, 1.54) is 12.4 Å². The Morgan fingerprint density at radius 2 is 2.41 bits per heavy atom. The minimum atomic E-state index is -0.156. The van der Waals surface area contributed by atoms with E-state index in [2.05, 4.69) is 15.4 Å². The molecule has 2 heterocycles. The number of hydrazine groups is 1. The van der Waals surface area contributed by atoms with Crippen molar-refractivity contribution in [3.63, 3.8) is 0 Å². The fourth-order valence-electron chi connectivity index (χ4n) is 1.84. The molecule has 1 aromatic rings. The van der Waals surface area contributed by atoms with E-state index in [-0.39, 0.29) is 18.4 Å². The van der Waals surface area contributed by atoms with Gasteiger partial charge in [0.15, 0.2) is 5.82 Å². The minimum absolute atomic E-state index is 0.117. The molecular weight excluding hydrogens is 222 g/mol. The maximum absolute atomic E-state index is 12.0. The number of aliphatic hydroxyl groups is 1. The summed E-state index contributed by atoms with van der Waals surface area (Å²) in [5.74, 6) is 5.59. The molecule has 0 spiro atoms. The largest absolute Gasteiger partial charge is 0.396 e. The van der Waals surface area contributed by atoms with Crippen molar-refractivity contribution in [1.82, 2.24) is 14.9 Å². The van der Waals surface area contributed by atoms with Gasteiger partial charge in [0.25, 0.3) is 5.91 Å². The summed E-state index contributed by atoms with van der Waals surface area (Å²) in [4.78, 5) is 21.6. The molecule has 1 aliphatic heterocycles. The Morgan fingerprint density at radius 3 is 2.94 bits per heavy atom. The lowest BCUT2D eigenvalue weighted by atomic mass is 10.1. The smallest absolute Gasteiger partial charge is 0.274 e. The van der Waals surface area contributed by atoms with Crippen LogP contribution in [0.15, 0.2) is 12.4 Å². The zero-order valence-corrected chi connectivity index (χ0v) is 9.33. The molecule has 1 aromatic heterocycles. The minimum Gasteiger partial charge on any atom is -0.396 e. The third kappa shape index (κ3) is 2.51. The maximum Gasteiger partial charge on any atom is 0.274 e. The second kappa shape index (κ2) is 5.07. The van der Waals surface area contributed by atoms with Gasteiger partial charge in [0.2, 0.25) is 0 Å². The lowest BCUT2D eigenvalue weighted by Crippen LogP contribution is -2.30. The lowest BCUT2D eigenvalue weighted by Gasteiger charge is -2.15. The number of hydrogen-bond acceptors (Lipinski definition) is 6. The number of hydrogen-bond donors (Lipinski definition) is 3. The quantitative estimate of drug-likeness (QED) is 0.470. The predicted molar refractivity (Wildman–Crippen MR) is 60.9 cm³/mol. The average molecular weight is 237 g/mol. The third-order valence-corrected chi connectivity index (χ3v) is 2.85. The molecule has 17 heavy (non-hydrogen) atoms. The topological polar surface area (TPSA) is 104 Å². The van der Waals surface area contributed by atoms with Crippen LogP contribution in [0.1, 0.15) is 16.9 Å². The first-order valence-electron chi connectivity index (χ1n) is 5.43. The molecule has 1 unspecified atom stereocenters. The van der Waals surface area contributed by atoms with Crippen molar-refractivity contribution in [3.8, 4) is 0 Å². The molecule has 1 saturated heterocycles. The highest BCUT2D eigenvalue weighted by Gasteiger charge is 2.27. The fraction of sp³-hybridized carbons (Fsp3) is 0.500. The number of nitrogens with one attached hydrogen (secondary N) is 1. The SMILES string of the molecule is NNc1cnc(C(=O)N2CCC(CO)C2)cn1. The van der Waals surface area contributed by atoms with Crippen LogP contribution < -0.4 is 11.3 Å². The second-order valence-corrected chi connectivity index (χ2v) is 4.02. The van der Waals surface area contributed by atoms with Crippen LogP contribution in [0.4, 0.5) is 5.82 Å². The van der Waals surface area contributed by atoms with Crippen molar-refractivity contribution < 1.29 is 9.90 Å². The summed E-state index contributed by atoms with van der Waals surface area (Å²) in [7, 11) is 0. The number of carbonyl (C=O) groups is 1. The first kappa shape index (κ1) is 11.7. The predicted octanol–water partition coefficient (Wildman–Crippen LogP) is -0.783. The van der Waals surface area contributed by atoms with E-state index in [9.17, 15) is 4.79 Å². The zero-order valence-electron chi connectivity index (χ0n) is 9.33. The Bertz CT molecular complexity index is 394. The Balaban J connectivity index is 2.04. The number of aromatic nitrogens is 2. The third-order valence-electron chi connectivity index (χ3n) is 2.85. The number of nitrogens with zero attached hydrogens (tertiary/aromatic N) is 3. The average Bonchev–Trinajstić information content (AvgIpc) is 2.87. The van der Waals surface area contributed by atoms with E-state index in [1.54, 1.807) is 4.90 Å². The van der Waals surface area contributed by atoms with Gasteiger partial charge in [0.05, 0.1) is 12.4 Å². The first-order valence-corrected chi connectivity index (χ1v) is 5.43. The lowest BCUT2D eigenvalue weighted by molar-refractivity contribution is 0.0775. The van der Waals surface area contributed by atoms with Crippen molar-refractivity contribution >= 4 is 11.7 Å². The van der Waals surface area contributed by atoms with Crippen LogP contribution >= 0.6 is 0 Å². The molecule has 92 valence electrons. The van der Waals surface area contributed by atoms with Gasteiger partial charge in [0.1, 0.15) is 5.69 Å². The van der Waals surface area contributed by atoms with Gasteiger partial charge >= 0.3 is 0 Å². The molecule has 1 aliphatic rings. The number of nitrogens with two attached hydrogens (primary N) is 1. The monoisotopic (exact) mass is 237 g/mol. The number of amides is 1. The van der Waals surface area contributed by atoms with Crippen LogP contribution in [-0.4, -0.2) is 45.6 Å². The molecule has 1 atom stereocenters. The van der Waals surface area contributed by atoms with Gasteiger partial charge in [-0.3, -0.25) is 4.79 Å². The van der Waals surface area contributed by atoms with Crippen LogP contribution in [-0.2, 0) is 0 Å². The maximum atomic E-state index is 12.0. The Kier molecular flexibility index (Phi) is 3.50. The number of nitrogen functional groups attached to an aromatic ring is 1. The second-order valence-electron chi connectivity index (χ2n) is 4.02. The summed E-state index contributed by atoms with van der Waals surface area (Å²) < 4.78 is 0. The summed E-state index contributed by atoms with van der Waals surface area (Å²) >= 11 is 0. The fourth-order valence-corrected chi connectivity index (χ4v) is 1.84. The van der Waals surface area contributed by atoms with Crippen LogP contribution in [0.2, 0.25) is 0 Å². The van der Waals surface area contributed by atoms with E-state index in [1.807, 2.05) is 0 Å².